The Morgan fingerprint density at radius 3 is 2.55 bits per heavy atom. The third-order valence-corrected chi connectivity index (χ3v) is 5.42. The summed E-state index contributed by atoms with van der Waals surface area (Å²) in [4.78, 5) is 22.4. The first kappa shape index (κ1) is 21.1. The summed E-state index contributed by atoms with van der Waals surface area (Å²) in [6.45, 7) is 4.23. The molecule has 5 nitrogen and oxygen atoms in total. The lowest BCUT2D eigenvalue weighted by Gasteiger charge is -2.22. The van der Waals surface area contributed by atoms with E-state index in [0.29, 0.717) is 18.2 Å². The highest BCUT2D eigenvalue weighted by atomic mass is 19.1. The van der Waals surface area contributed by atoms with Crippen LogP contribution in [0.15, 0.2) is 42.5 Å². The lowest BCUT2D eigenvalue weighted by atomic mass is 9.90. The van der Waals surface area contributed by atoms with Gasteiger partial charge in [-0.1, -0.05) is 44.2 Å². The van der Waals surface area contributed by atoms with Crippen LogP contribution in [0, 0.1) is 11.7 Å². The number of rotatable bonds is 6. The van der Waals surface area contributed by atoms with Crippen molar-refractivity contribution in [2.75, 3.05) is 5.32 Å². The molecule has 1 heterocycles. The lowest BCUT2D eigenvalue weighted by Crippen LogP contribution is -2.20. The highest BCUT2D eigenvalue weighted by Gasteiger charge is 2.23. The van der Waals surface area contributed by atoms with Gasteiger partial charge in [0.15, 0.2) is 5.82 Å². The molecule has 0 saturated heterocycles. The third kappa shape index (κ3) is 4.80. The zero-order valence-corrected chi connectivity index (χ0v) is 17.8. The predicted molar refractivity (Wildman–Crippen MR) is 118 cm³/mol. The number of nitrogens with one attached hydrogen (secondary N) is 1. The van der Waals surface area contributed by atoms with Gasteiger partial charge in [0.2, 0.25) is 5.91 Å². The van der Waals surface area contributed by atoms with E-state index in [1.165, 1.54) is 12.1 Å². The molecule has 0 bridgehead atoms. The third-order valence-electron chi connectivity index (χ3n) is 5.42. The van der Waals surface area contributed by atoms with Crippen LogP contribution in [0.4, 0.5) is 10.2 Å². The summed E-state index contributed by atoms with van der Waals surface area (Å²) >= 11 is 0. The number of hydrogen-bond acceptors (Lipinski definition) is 4. The van der Waals surface area contributed by atoms with Gasteiger partial charge in [0, 0.05) is 5.56 Å². The summed E-state index contributed by atoms with van der Waals surface area (Å²) in [5.41, 5.74) is 6.33. The Kier molecular flexibility index (Phi) is 6.09. The number of amides is 1. The second-order valence-corrected chi connectivity index (χ2v) is 8.41. The Morgan fingerprint density at radius 2 is 1.84 bits per heavy atom. The number of fused-ring (bicyclic) bond motifs is 3. The number of aromatic nitrogens is 2. The Labute approximate surface area is 181 Å². The molecule has 0 aliphatic heterocycles. The van der Waals surface area contributed by atoms with Crippen molar-refractivity contribution in [1.29, 1.82) is 0 Å². The Hall–Kier alpha value is -3.12. The molecule has 2 aromatic carbocycles. The molecule has 1 aromatic heterocycles. The Bertz CT molecular complexity index is 1110. The number of aryl methyl sites for hydroxylation is 2. The van der Waals surface area contributed by atoms with E-state index in [-0.39, 0.29) is 24.8 Å². The molecule has 1 aliphatic rings. The molecule has 2 N–H and O–H groups in total. The summed E-state index contributed by atoms with van der Waals surface area (Å²) in [6.07, 6.45) is 2.38. The van der Waals surface area contributed by atoms with Crippen LogP contribution in [0.25, 0.3) is 11.3 Å². The number of hydrogen-bond donors (Lipinski definition) is 2. The van der Waals surface area contributed by atoms with E-state index in [2.05, 4.69) is 19.2 Å². The zero-order chi connectivity index (χ0) is 22.0. The minimum absolute atomic E-state index is 0.0173. The first-order chi connectivity index (χ1) is 14.9. The number of halogens is 1. The summed E-state index contributed by atoms with van der Waals surface area (Å²) in [5.74, 6) is 0.333. The molecule has 3 aromatic rings. The molecule has 160 valence electrons. The molecule has 0 radical (unpaired) electrons. The molecular weight excluding hydrogens is 393 g/mol. The standard InChI is InChI=1S/C25H26FN3O2/c1-15(2)11-22-25(29-23(31)13-16-3-7-19(26)8-4-16)28-21-10-6-18-12-17(14-30)5-9-20(18)24(21)27-22/h3-5,7-9,12,15,30H,6,10-11,13-14H2,1-2H3,(H,28,29,31). The molecule has 31 heavy (non-hydrogen) atoms. The van der Waals surface area contributed by atoms with Gasteiger partial charge in [-0.05, 0) is 54.0 Å². The normalized spacial score (nSPS) is 12.4. The molecule has 1 amide bonds. The monoisotopic (exact) mass is 419 g/mol. The van der Waals surface area contributed by atoms with Crippen LogP contribution in [0.5, 0.6) is 0 Å². The van der Waals surface area contributed by atoms with Gasteiger partial charge in [-0.15, -0.1) is 0 Å². The second-order valence-electron chi connectivity index (χ2n) is 8.41. The van der Waals surface area contributed by atoms with Crippen LogP contribution in [0.1, 0.15) is 41.9 Å². The summed E-state index contributed by atoms with van der Waals surface area (Å²) in [7, 11) is 0. The van der Waals surface area contributed by atoms with Crippen molar-refractivity contribution in [2.45, 2.75) is 46.1 Å². The number of anilines is 1. The van der Waals surface area contributed by atoms with Crippen LogP contribution in [-0.2, 0) is 37.1 Å². The molecule has 4 rings (SSSR count). The molecule has 0 atom stereocenters. The fraction of sp³-hybridized carbons (Fsp3) is 0.320. The average Bonchev–Trinajstić information content (AvgIpc) is 2.75. The highest BCUT2D eigenvalue weighted by Crippen LogP contribution is 2.34. The van der Waals surface area contributed by atoms with Gasteiger partial charge in [-0.3, -0.25) is 4.79 Å². The zero-order valence-electron chi connectivity index (χ0n) is 17.8. The first-order valence-corrected chi connectivity index (χ1v) is 10.6. The van der Waals surface area contributed by atoms with Crippen molar-refractivity contribution in [3.8, 4) is 11.3 Å². The van der Waals surface area contributed by atoms with Gasteiger partial charge in [-0.2, -0.15) is 0 Å². The minimum Gasteiger partial charge on any atom is -0.392 e. The van der Waals surface area contributed by atoms with Crippen LogP contribution in [-0.4, -0.2) is 21.0 Å². The maximum atomic E-state index is 13.1. The van der Waals surface area contributed by atoms with Gasteiger partial charge in [-0.25, -0.2) is 14.4 Å². The van der Waals surface area contributed by atoms with Crippen molar-refractivity contribution in [2.24, 2.45) is 5.92 Å². The number of aliphatic hydroxyl groups excluding tert-OH is 1. The summed E-state index contributed by atoms with van der Waals surface area (Å²) in [6, 6.07) is 11.9. The quantitative estimate of drug-likeness (QED) is 0.626. The van der Waals surface area contributed by atoms with Crippen LogP contribution < -0.4 is 5.32 Å². The molecule has 6 heteroatoms. The van der Waals surface area contributed by atoms with Crippen molar-refractivity contribution >= 4 is 11.7 Å². The lowest BCUT2D eigenvalue weighted by molar-refractivity contribution is -0.115. The van der Waals surface area contributed by atoms with Gasteiger partial charge >= 0.3 is 0 Å². The first-order valence-electron chi connectivity index (χ1n) is 10.6. The van der Waals surface area contributed by atoms with Gasteiger partial charge < -0.3 is 10.4 Å². The van der Waals surface area contributed by atoms with Gasteiger partial charge in [0.1, 0.15) is 5.82 Å². The topological polar surface area (TPSA) is 75.1 Å². The average molecular weight is 420 g/mol. The SMILES string of the molecule is CC(C)Cc1nc2c(nc1NC(=O)Cc1ccc(F)cc1)CCc1cc(CO)ccc1-2. The maximum Gasteiger partial charge on any atom is 0.229 e. The van der Waals surface area contributed by atoms with Gasteiger partial charge in [0.05, 0.1) is 30.1 Å². The molecule has 0 unspecified atom stereocenters. The molecule has 1 aliphatic carbocycles. The van der Waals surface area contributed by atoms with E-state index < -0.39 is 0 Å². The fourth-order valence-electron chi connectivity index (χ4n) is 3.92. The number of nitrogens with zero attached hydrogens (tertiary/aromatic N) is 2. The van der Waals surface area contributed by atoms with Crippen LogP contribution >= 0.6 is 0 Å². The van der Waals surface area contributed by atoms with E-state index in [1.54, 1.807) is 12.1 Å². The van der Waals surface area contributed by atoms with Crippen molar-refractivity contribution < 1.29 is 14.3 Å². The number of benzene rings is 2. The van der Waals surface area contributed by atoms with Crippen LogP contribution in [0.3, 0.4) is 0 Å². The summed E-state index contributed by atoms with van der Waals surface area (Å²) < 4.78 is 13.1. The minimum atomic E-state index is -0.324. The predicted octanol–water partition coefficient (Wildman–Crippen LogP) is 4.25. The van der Waals surface area contributed by atoms with E-state index in [9.17, 15) is 14.3 Å². The number of carbonyl (C=O) groups excluding carboxylic acids is 1. The molecule has 0 saturated carbocycles. The Balaban J connectivity index is 1.65. The molecule has 0 fully saturated rings. The van der Waals surface area contributed by atoms with Crippen LogP contribution in [0.2, 0.25) is 0 Å². The number of carbonyl (C=O) groups is 1. The molecule has 0 spiro atoms. The molecular formula is C25H26FN3O2. The number of aliphatic hydroxyl groups is 1. The second kappa shape index (κ2) is 8.94. The van der Waals surface area contributed by atoms with Gasteiger partial charge in [0.25, 0.3) is 0 Å². The fourth-order valence-corrected chi connectivity index (χ4v) is 3.92. The van der Waals surface area contributed by atoms with E-state index in [0.717, 1.165) is 52.2 Å². The maximum absolute atomic E-state index is 13.1. The Morgan fingerprint density at radius 1 is 1.10 bits per heavy atom. The highest BCUT2D eigenvalue weighted by molar-refractivity contribution is 5.92. The smallest absolute Gasteiger partial charge is 0.229 e. The van der Waals surface area contributed by atoms with Crippen molar-refractivity contribution in [3.05, 3.63) is 76.4 Å². The van der Waals surface area contributed by atoms with Crippen molar-refractivity contribution in [3.63, 3.8) is 0 Å². The largest absolute Gasteiger partial charge is 0.392 e. The van der Waals surface area contributed by atoms with E-state index in [1.807, 2.05) is 18.2 Å². The van der Waals surface area contributed by atoms with E-state index in [4.69, 9.17) is 9.97 Å². The van der Waals surface area contributed by atoms with E-state index >= 15 is 0 Å². The summed E-state index contributed by atoms with van der Waals surface area (Å²) in [5, 5.41) is 12.4. The van der Waals surface area contributed by atoms with Crippen molar-refractivity contribution in [1.82, 2.24) is 9.97 Å².